The van der Waals surface area contributed by atoms with Crippen molar-refractivity contribution < 1.29 is 4.42 Å². The van der Waals surface area contributed by atoms with Crippen LogP contribution >= 0.6 is 0 Å². The van der Waals surface area contributed by atoms with Gasteiger partial charge in [-0.25, -0.2) is 4.98 Å². The SMILES string of the molecule is c1ccc(-c2ccc3oc4c(-c5nc(-c6ccccc6)nc(-n6c7ccccc7c7ccccc76)n5)cccc4c3c2)cc1. The summed E-state index contributed by atoms with van der Waals surface area (Å²) in [4.78, 5) is 15.2. The fourth-order valence-corrected chi connectivity index (χ4v) is 6.22. The molecule has 0 aliphatic rings. The molecule has 3 aromatic heterocycles. The normalized spacial score (nSPS) is 11.6. The quantitative estimate of drug-likeness (QED) is 0.213. The van der Waals surface area contributed by atoms with Crippen molar-refractivity contribution >= 4 is 43.7 Å². The van der Waals surface area contributed by atoms with E-state index in [1.807, 2.05) is 54.6 Å². The highest BCUT2D eigenvalue weighted by Crippen LogP contribution is 2.38. The highest BCUT2D eigenvalue weighted by molar-refractivity contribution is 6.11. The van der Waals surface area contributed by atoms with Crippen LogP contribution in [0.25, 0.3) is 83.6 Å². The lowest BCUT2D eigenvalue weighted by Crippen LogP contribution is -2.06. The molecule has 9 rings (SSSR count). The van der Waals surface area contributed by atoms with E-state index in [1.165, 1.54) is 5.56 Å². The maximum atomic E-state index is 6.54. The van der Waals surface area contributed by atoms with Crippen molar-refractivity contribution in [1.82, 2.24) is 19.5 Å². The van der Waals surface area contributed by atoms with E-state index in [2.05, 4.69) is 95.6 Å². The van der Waals surface area contributed by atoms with Gasteiger partial charge in [-0.1, -0.05) is 115 Å². The Balaban J connectivity index is 1.31. The summed E-state index contributed by atoms with van der Waals surface area (Å²) in [5.74, 6) is 1.72. The lowest BCUT2D eigenvalue weighted by atomic mass is 10.0. The molecule has 0 spiro atoms. The van der Waals surface area contributed by atoms with Crippen LogP contribution in [-0.4, -0.2) is 19.5 Å². The van der Waals surface area contributed by atoms with Crippen LogP contribution in [0.1, 0.15) is 0 Å². The summed E-state index contributed by atoms with van der Waals surface area (Å²) in [5, 5.41) is 4.39. The zero-order valence-corrected chi connectivity index (χ0v) is 23.6. The third kappa shape index (κ3) is 3.83. The van der Waals surface area contributed by atoms with E-state index in [0.717, 1.165) is 60.4 Å². The van der Waals surface area contributed by atoms with Gasteiger partial charge in [-0.05, 0) is 41.5 Å². The number of nitrogens with zero attached hydrogens (tertiary/aromatic N) is 4. The van der Waals surface area contributed by atoms with Crippen molar-refractivity contribution in [2.24, 2.45) is 0 Å². The van der Waals surface area contributed by atoms with E-state index in [4.69, 9.17) is 19.4 Å². The van der Waals surface area contributed by atoms with Gasteiger partial charge in [0.2, 0.25) is 5.95 Å². The van der Waals surface area contributed by atoms with Gasteiger partial charge < -0.3 is 4.42 Å². The van der Waals surface area contributed by atoms with Gasteiger partial charge in [-0.3, -0.25) is 4.57 Å². The molecule has 0 saturated carbocycles. The predicted octanol–water partition coefficient (Wildman–Crippen LogP) is 9.87. The van der Waals surface area contributed by atoms with Crippen molar-refractivity contribution in [1.29, 1.82) is 0 Å². The minimum Gasteiger partial charge on any atom is -0.455 e. The molecule has 0 aliphatic heterocycles. The lowest BCUT2D eigenvalue weighted by molar-refractivity contribution is 0.669. The van der Waals surface area contributed by atoms with E-state index in [1.54, 1.807) is 0 Å². The zero-order chi connectivity index (χ0) is 29.0. The Morgan fingerprint density at radius 1 is 0.432 bits per heavy atom. The standard InChI is InChI=1S/C39H24N4O/c1-3-12-25(13-4-1)27-22-23-35-32(24-27)30-18-11-19-31(36(30)44-35)38-40-37(26-14-5-2-6-15-26)41-39(42-38)43-33-20-9-7-16-28(33)29-17-8-10-21-34(29)43/h1-24H. The second-order valence-electron chi connectivity index (χ2n) is 10.9. The molecular formula is C39H24N4O. The highest BCUT2D eigenvalue weighted by atomic mass is 16.3. The van der Waals surface area contributed by atoms with Crippen LogP contribution in [0, 0.1) is 0 Å². The Hall–Kier alpha value is -6.07. The highest BCUT2D eigenvalue weighted by Gasteiger charge is 2.20. The Morgan fingerprint density at radius 3 is 1.77 bits per heavy atom. The van der Waals surface area contributed by atoms with Gasteiger partial charge in [0.15, 0.2) is 11.6 Å². The number of rotatable bonds is 4. The van der Waals surface area contributed by atoms with Gasteiger partial charge >= 0.3 is 0 Å². The molecule has 5 heteroatoms. The molecule has 0 amide bonds. The Morgan fingerprint density at radius 2 is 1.05 bits per heavy atom. The minimum atomic E-state index is 0.559. The summed E-state index contributed by atoms with van der Waals surface area (Å²) in [7, 11) is 0. The predicted molar refractivity (Wildman–Crippen MR) is 178 cm³/mol. The minimum absolute atomic E-state index is 0.559. The van der Waals surface area contributed by atoms with Crippen molar-refractivity contribution in [2.75, 3.05) is 0 Å². The summed E-state index contributed by atoms with van der Waals surface area (Å²) in [5.41, 5.74) is 7.72. The number of furan rings is 1. The van der Waals surface area contributed by atoms with Crippen LogP contribution in [-0.2, 0) is 0 Å². The monoisotopic (exact) mass is 564 g/mol. The molecule has 0 N–H and O–H groups in total. The summed E-state index contributed by atoms with van der Waals surface area (Å²) in [6, 6.07) is 49.8. The van der Waals surface area contributed by atoms with Crippen molar-refractivity contribution in [3.63, 3.8) is 0 Å². The fourth-order valence-electron chi connectivity index (χ4n) is 6.22. The molecule has 0 bridgehead atoms. The van der Waals surface area contributed by atoms with E-state index in [0.29, 0.717) is 17.6 Å². The summed E-state index contributed by atoms with van der Waals surface area (Å²) in [6.07, 6.45) is 0. The van der Waals surface area contributed by atoms with Crippen LogP contribution in [0.3, 0.4) is 0 Å². The first kappa shape index (κ1) is 24.5. The Bertz CT molecular complexity index is 2440. The van der Waals surface area contributed by atoms with Crippen molar-refractivity contribution in [3.05, 3.63) is 146 Å². The topological polar surface area (TPSA) is 56.7 Å². The first-order valence-corrected chi connectivity index (χ1v) is 14.6. The van der Waals surface area contributed by atoms with Crippen LogP contribution in [0.5, 0.6) is 0 Å². The largest absolute Gasteiger partial charge is 0.455 e. The smallest absolute Gasteiger partial charge is 0.238 e. The zero-order valence-electron chi connectivity index (χ0n) is 23.6. The first-order chi connectivity index (χ1) is 21.8. The molecule has 5 nitrogen and oxygen atoms in total. The van der Waals surface area contributed by atoms with Crippen LogP contribution in [0.15, 0.2) is 150 Å². The van der Waals surface area contributed by atoms with Crippen LogP contribution < -0.4 is 0 Å². The molecule has 0 radical (unpaired) electrons. The number of hydrogen-bond acceptors (Lipinski definition) is 4. The number of fused-ring (bicyclic) bond motifs is 6. The van der Waals surface area contributed by atoms with Gasteiger partial charge in [-0.2, -0.15) is 9.97 Å². The molecule has 0 fully saturated rings. The molecule has 0 unspecified atom stereocenters. The second kappa shape index (κ2) is 9.75. The van der Waals surface area contributed by atoms with E-state index >= 15 is 0 Å². The summed E-state index contributed by atoms with van der Waals surface area (Å²) in [6.45, 7) is 0. The molecule has 44 heavy (non-hydrogen) atoms. The molecule has 3 heterocycles. The second-order valence-corrected chi connectivity index (χ2v) is 10.9. The molecule has 6 aromatic carbocycles. The van der Waals surface area contributed by atoms with E-state index < -0.39 is 0 Å². The molecule has 0 aliphatic carbocycles. The average molecular weight is 565 g/mol. The number of para-hydroxylation sites is 3. The molecular weight excluding hydrogens is 540 g/mol. The maximum absolute atomic E-state index is 6.54. The van der Waals surface area contributed by atoms with Gasteiger partial charge in [0.1, 0.15) is 11.2 Å². The molecule has 9 aromatic rings. The Kier molecular flexibility index (Phi) is 5.43. The van der Waals surface area contributed by atoms with Gasteiger partial charge in [0.25, 0.3) is 0 Å². The Labute approximate surface area is 252 Å². The van der Waals surface area contributed by atoms with Crippen molar-refractivity contribution in [3.8, 4) is 39.9 Å². The third-order valence-corrected chi connectivity index (χ3v) is 8.28. The van der Waals surface area contributed by atoms with Crippen LogP contribution in [0.2, 0.25) is 0 Å². The number of hydrogen-bond donors (Lipinski definition) is 0. The van der Waals surface area contributed by atoms with E-state index in [9.17, 15) is 0 Å². The molecule has 206 valence electrons. The summed E-state index contributed by atoms with van der Waals surface area (Å²) >= 11 is 0. The fraction of sp³-hybridized carbons (Fsp3) is 0. The van der Waals surface area contributed by atoms with Crippen LogP contribution in [0.4, 0.5) is 0 Å². The van der Waals surface area contributed by atoms with Gasteiger partial charge in [0.05, 0.1) is 16.6 Å². The van der Waals surface area contributed by atoms with Gasteiger partial charge in [-0.15, -0.1) is 0 Å². The third-order valence-electron chi connectivity index (χ3n) is 8.28. The number of aromatic nitrogens is 4. The van der Waals surface area contributed by atoms with Gasteiger partial charge in [0, 0.05) is 27.1 Å². The number of benzene rings is 6. The molecule has 0 atom stereocenters. The average Bonchev–Trinajstić information content (AvgIpc) is 3.64. The summed E-state index contributed by atoms with van der Waals surface area (Å²) < 4.78 is 8.67. The van der Waals surface area contributed by atoms with Crippen molar-refractivity contribution in [2.45, 2.75) is 0 Å². The lowest BCUT2D eigenvalue weighted by Gasteiger charge is -2.11. The maximum Gasteiger partial charge on any atom is 0.238 e. The van der Waals surface area contributed by atoms with E-state index in [-0.39, 0.29) is 0 Å². The molecule has 0 saturated heterocycles. The first-order valence-electron chi connectivity index (χ1n) is 14.6.